The van der Waals surface area contributed by atoms with E-state index in [9.17, 15) is 31.1 Å². The molecule has 1 aliphatic heterocycles. The molecule has 18 heavy (non-hydrogen) atoms. The van der Waals surface area contributed by atoms with Crippen LogP contribution in [0, 0.1) is 0 Å². The first-order valence-corrected chi connectivity index (χ1v) is 5.03. The highest BCUT2D eigenvalue weighted by molar-refractivity contribution is 6.02. The lowest BCUT2D eigenvalue weighted by Gasteiger charge is -2.10. The fourth-order valence-corrected chi connectivity index (χ4v) is 2.12. The van der Waals surface area contributed by atoms with Crippen LogP contribution in [0.2, 0.25) is 0 Å². The smallest absolute Gasteiger partial charge is 0.350 e. The second-order valence-corrected chi connectivity index (χ2v) is 3.99. The maximum atomic E-state index is 12.8. The van der Waals surface area contributed by atoms with Gasteiger partial charge in [-0.3, -0.25) is 4.79 Å². The molecule has 0 radical (unpaired) electrons. The number of hydrogen-bond acceptors (Lipinski definition) is 1. The molecule has 0 aliphatic carbocycles. The van der Waals surface area contributed by atoms with Crippen molar-refractivity contribution < 1.29 is 31.1 Å². The van der Waals surface area contributed by atoms with E-state index in [4.69, 9.17) is 0 Å². The summed E-state index contributed by atoms with van der Waals surface area (Å²) >= 11 is 0. The Morgan fingerprint density at radius 3 is 2.28 bits per heavy atom. The first-order chi connectivity index (χ1) is 8.12. The van der Waals surface area contributed by atoms with Crippen molar-refractivity contribution in [3.63, 3.8) is 0 Å². The predicted molar refractivity (Wildman–Crippen MR) is 48.1 cm³/mol. The summed E-state index contributed by atoms with van der Waals surface area (Å²) in [5.41, 5.74) is -2.98. The predicted octanol–water partition coefficient (Wildman–Crippen LogP) is 3.20. The molecule has 2 rings (SSSR count). The summed E-state index contributed by atoms with van der Waals surface area (Å²) in [6.45, 7) is 0.198. The third-order valence-corrected chi connectivity index (χ3v) is 2.79. The van der Waals surface area contributed by atoms with Crippen LogP contribution in [0.5, 0.6) is 0 Å². The van der Waals surface area contributed by atoms with Gasteiger partial charge in [-0.2, -0.15) is 26.3 Å². The van der Waals surface area contributed by atoms with Gasteiger partial charge in [-0.15, -0.1) is 0 Å². The molecule has 0 amide bonds. The largest absolute Gasteiger partial charge is 0.454 e. The number of Topliss-reactive ketones (excluding diaryl/α,β-unsaturated/α-hetero) is 1. The molecule has 0 spiro atoms. The summed E-state index contributed by atoms with van der Waals surface area (Å²) in [4.78, 5) is 11.0. The van der Waals surface area contributed by atoms with Gasteiger partial charge in [0.25, 0.3) is 5.78 Å². The number of ketones is 1. The number of rotatable bonds is 1. The Balaban J connectivity index is 2.59. The van der Waals surface area contributed by atoms with Crippen molar-refractivity contribution in [1.29, 1.82) is 0 Å². The number of fused-ring (bicyclic) bond motifs is 1. The van der Waals surface area contributed by atoms with E-state index in [0.29, 0.717) is 12.6 Å². The molecule has 1 aromatic rings. The number of carbonyl (C=O) groups excluding carboxylic acids is 1. The number of carbonyl (C=O) groups is 1. The number of hydrogen-bond donors (Lipinski definition) is 0. The van der Waals surface area contributed by atoms with Crippen LogP contribution in [-0.4, -0.2) is 16.5 Å². The van der Waals surface area contributed by atoms with Crippen molar-refractivity contribution in [2.75, 3.05) is 0 Å². The van der Waals surface area contributed by atoms with E-state index in [1.165, 1.54) is 0 Å². The molecule has 0 fully saturated rings. The zero-order valence-electron chi connectivity index (χ0n) is 8.82. The molecule has 8 heteroatoms. The van der Waals surface area contributed by atoms with Crippen LogP contribution in [0.25, 0.3) is 0 Å². The van der Waals surface area contributed by atoms with Crippen LogP contribution >= 0.6 is 0 Å². The molecular formula is C10H7F6NO. The topological polar surface area (TPSA) is 22.0 Å². The van der Waals surface area contributed by atoms with Gasteiger partial charge in [0.15, 0.2) is 0 Å². The molecule has 2 heterocycles. The average molecular weight is 271 g/mol. The number of alkyl halides is 6. The molecule has 0 atom stereocenters. The van der Waals surface area contributed by atoms with Gasteiger partial charge in [0.1, 0.15) is 0 Å². The van der Waals surface area contributed by atoms with Crippen molar-refractivity contribution in [3.05, 3.63) is 23.0 Å². The minimum atomic E-state index is -5.30. The molecular weight excluding hydrogens is 264 g/mol. The summed E-state index contributed by atoms with van der Waals surface area (Å²) in [5.74, 6) is -2.45. The Labute approximate surface area is 97.2 Å². The van der Waals surface area contributed by atoms with E-state index in [-0.39, 0.29) is 18.7 Å². The summed E-state index contributed by atoms with van der Waals surface area (Å²) < 4.78 is 76.0. The minimum absolute atomic E-state index is 0.0278. The van der Waals surface area contributed by atoms with E-state index in [2.05, 4.69) is 0 Å². The molecule has 0 aromatic carbocycles. The molecule has 0 N–H and O–H groups in total. The second kappa shape index (κ2) is 3.76. The van der Waals surface area contributed by atoms with Gasteiger partial charge in [-0.25, -0.2) is 0 Å². The molecule has 1 aliphatic rings. The van der Waals surface area contributed by atoms with Crippen molar-refractivity contribution in [2.24, 2.45) is 0 Å². The Morgan fingerprint density at radius 2 is 1.78 bits per heavy atom. The number of aryl methyl sites for hydroxylation is 1. The van der Waals surface area contributed by atoms with Gasteiger partial charge >= 0.3 is 12.4 Å². The van der Waals surface area contributed by atoms with Crippen molar-refractivity contribution in [1.82, 2.24) is 4.57 Å². The summed E-state index contributed by atoms with van der Waals surface area (Å²) in [6, 6.07) is 0. The van der Waals surface area contributed by atoms with Crippen LogP contribution in [0.1, 0.15) is 28.0 Å². The van der Waals surface area contributed by atoms with E-state index in [0.717, 1.165) is 4.57 Å². The summed E-state index contributed by atoms with van der Waals surface area (Å²) in [7, 11) is 0. The van der Waals surface area contributed by atoms with Gasteiger partial charge in [0.2, 0.25) is 0 Å². The molecule has 1 aromatic heterocycles. The van der Waals surface area contributed by atoms with Crippen LogP contribution in [0.3, 0.4) is 0 Å². The zero-order chi connectivity index (χ0) is 13.7. The van der Waals surface area contributed by atoms with Gasteiger partial charge in [-0.1, -0.05) is 0 Å². The fourth-order valence-electron chi connectivity index (χ4n) is 2.12. The monoisotopic (exact) mass is 271 g/mol. The average Bonchev–Trinajstić information content (AvgIpc) is 2.70. The van der Waals surface area contributed by atoms with Crippen LogP contribution in [0.4, 0.5) is 26.3 Å². The third-order valence-electron chi connectivity index (χ3n) is 2.79. The normalized spacial score (nSPS) is 15.9. The Kier molecular flexibility index (Phi) is 2.71. The Bertz CT molecular complexity index is 496. The lowest BCUT2D eigenvalue weighted by molar-refractivity contribution is -0.139. The van der Waals surface area contributed by atoms with Crippen LogP contribution in [-0.2, 0) is 19.1 Å². The quantitative estimate of drug-likeness (QED) is 0.568. The highest BCUT2D eigenvalue weighted by Gasteiger charge is 2.48. The first kappa shape index (κ1) is 13.0. The number of halogens is 6. The third kappa shape index (κ3) is 1.99. The summed E-state index contributed by atoms with van der Waals surface area (Å²) in [6.07, 6.45) is -9.15. The van der Waals surface area contributed by atoms with Crippen molar-refractivity contribution >= 4 is 5.78 Å². The van der Waals surface area contributed by atoms with Crippen LogP contribution in [0.15, 0.2) is 6.20 Å². The number of aromatic nitrogens is 1. The Hall–Kier alpha value is -1.47. The maximum absolute atomic E-state index is 12.8. The van der Waals surface area contributed by atoms with Gasteiger partial charge in [0, 0.05) is 18.4 Å². The van der Waals surface area contributed by atoms with Gasteiger partial charge in [0.05, 0.1) is 11.1 Å². The van der Waals surface area contributed by atoms with Gasteiger partial charge < -0.3 is 4.57 Å². The van der Waals surface area contributed by atoms with Crippen molar-refractivity contribution in [3.8, 4) is 0 Å². The molecule has 2 nitrogen and oxygen atoms in total. The lowest BCUT2D eigenvalue weighted by Crippen LogP contribution is -2.25. The lowest BCUT2D eigenvalue weighted by atomic mass is 10.0. The van der Waals surface area contributed by atoms with Crippen molar-refractivity contribution in [2.45, 2.75) is 31.7 Å². The molecule has 100 valence electrons. The second-order valence-electron chi connectivity index (χ2n) is 3.99. The van der Waals surface area contributed by atoms with E-state index in [1.807, 2.05) is 0 Å². The zero-order valence-corrected chi connectivity index (χ0v) is 8.82. The fraction of sp³-hybridized carbons (Fsp3) is 0.500. The highest BCUT2D eigenvalue weighted by atomic mass is 19.4. The summed E-state index contributed by atoms with van der Waals surface area (Å²) in [5, 5.41) is 0. The van der Waals surface area contributed by atoms with E-state index < -0.39 is 29.3 Å². The SMILES string of the molecule is O=C(c1cn2c(c1C(F)(F)F)CCC2)C(F)(F)F. The Morgan fingerprint density at radius 1 is 1.17 bits per heavy atom. The molecule has 0 unspecified atom stereocenters. The van der Waals surface area contributed by atoms with Crippen LogP contribution < -0.4 is 0 Å². The maximum Gasteiger partial charge on any atom is 0.454 e. The highest BCUT2D eigenvalue weighted by Crippen LogP contribution is 2.40. The van der Waals surface area contributed by atoms with E-state index >= 15 is 0 Å². The molecule has 0 saturated carbocycles. The molecule has 0 bridgehead atoms. The van der Waals surface area contributed by atoms with Gasteiger partial charge in [-0.05, 0) is 12.8 Å². The standard InChI is InChI=1S/C10H7F6NO/c11-9(12,13)7-5(8(18)10(14,15)16)4-17-3-1-2-6(7)17/h4H,1-3H2. The first-order valence-electron chi connectivity index (χ1n) is 5.03. The number of nitrogens with zero attached hydrogens (tertiary/aromatic N) is 1. The molecule has 0 saturated heterocycles. The minimum Gasteiger partial charge on any atom is -0.350 e. The van der Waals surface area contributed by atoms with E-state index in [1.54, 1.807) is 0 Å².